The molecule has 1 aliphatic carbocycles. The lowest BCUT2D eigenvalue weighted by atomic mass is 9.73. The van der Waals surface area contributed by atoms with Gasteiger partial charge in [0.1, 0.15) is 12.1 Å². The normalized spacial score (nSPS) is 34.0. The van der Waals surface area contributed by atoms with Gasteiger partial charge in [0.05, 0.1) is 6.07 Å². The summed E-state index contributed by atoms with van der Waals surface area (Å²) in [4.78, 5) is 24.9. The molecule has 2 rings (SSSR count). The molecule has 86 valence electrons. The summed E-state index contributed by atoms with van der Waals surface area (Å²) in [5.74, 6) is -0.0624. The number of rotatable bonds is 1. The van der Waals surface area contributed by atoms with Crippen LogP contribution in [-0.4, -0.2) is 28.9 Å². The minimum Gasteiger partial charge on any atom is -0.323 e. The molecule has 0 aromatic rings. The van der Waals surface area contributed by atoms with Gasteiger partial charge in [-0.2, -0.15) is 5.26 Å². The van der Waals surface area contributed by atoms with E-state index >= 15 is 0 Å². The first-order valence-corrected chi connectivity index (χ1v) is 5.63. The highest BCUT2D eigenvalue weighted by Gasteiger charge is 2.54. The molecule has 2 aliphatic rings. The maximum Gasteiger partial charge on any atom is 0.325 e. The minimum absolute atomic E-state index is 0.154. The van der Waals surface area contributed by atoms with Gasteiger partial charge >= 0.3 is 6.03 Å². The Bertz CT molecular complexity index is 374. The molecule has 1 spiro atoms. The average Bonchev–Trinajstić information content (AvgIpc) is 2.49. The van der Waals surface area contributed by atoms with E-state index in [1.165, 1.54) is 0 Å². The van der Waals surface area contributed by atoms with Crippen LogP contribution in [0.25, 0.3) is 0 Å². The van der Waals surface area contributed by atoms with Crippen molar-refractivity contribution in [2.75, 3.05) is 6.54 Å². The smallest absolute Gasteiger partial charge is 0.323 e. The number of carbonyl (C=O) groups excluding carboxylic acids is 2. The van der Waals surface area contributed by atoms with Gasteiger partial charge in [-0.1, -0.05) is 19.8 Å². The zero-order valence-corrected chi connectivity index (χ0v) is 9.32. The molecule has 1 heterocycles. The molecule has 0 aromatic heterocycles. The van der Waals surface area contributed by atoms with E-state index in [0.717, 1.165) is 24.2 Å². The summed E-state index contributed by atoms with van der Waals surface area (Å²) in [5.41, 5.74) is -0.730. The summed E-state index contributed by atoms with van der Waals surface area (Å²) < 4.78 is 0. The molecule has 2 fully saturated rings. The summed E-state index contributed by atoms with van der Waals surface area (Å²) in [6.07, 6.45) is 3.70. The summed E-state index contributed by atoms with van der Waals surface area (Å²) in [5, 5.41) is 11.4. The lowest BCUT2D eigenvalue weighted by molar-refractivity contribution is -0.133. The van der Waals surface area contributed by atoms with E-state index in [4.69, 9.17) is 5.26 Å². The molecule has 1 saturated heterocycles. The fourth-order valence-corrected chi connectivity index (χ4v) is 2.71. The molecule has 0 radical (unpaired) electrons. The Hall–Kier alpha value is -1.57. The van der Waals surface area contributed by atoms with E-state index in [1.54, 1.807) is 0 Å². The van der Waals surface area contributed by atoms with Crippen LogP contribution in [-0.2, 0) is 4.79 Å². The SMILES string of the molecule is C[C@H]1CCCC[C@]12NC(=O)N(CC#N)C2=O. The molecule has 2 atom stereocenters. The fraction of sp³-hybridized carbons (Fsp3) is 0.727. The molecular formula is C11H15N3O2. The van der Waals surface area contributed by atoms with Crippen LogP contribution in [0.15, 0.2) is 0 Å². The highest BCUT2D eigenvalue weighted by Crippen LogP contribution is 2.37. The van der Waals surface area contributed by atoms with E-state index in [0.29, 0.717) is 6.42 Å². The van der Waals surface area contributed by atoms with Crippen LogP contribution in [0.2, 0.25) is 0 Å². The first-order chi connectivity index (χ1) is 7.62. The summed E-state index contributed by atoms with van der Waals surface area (Å²) in [6.45, 7) is 1.84. The monoisotopic (exact) mass is 221 g/mol. The quantitative estimate of drug-likeness (QED) is 0.530. The van der Waals surface area contributed by atoms with Crippen molar-refractivity contribution in [2.24, 2.45) is 5.92 Å². The Kier molecular flexibility index (Phi) is 2.58. The number of hydrogen-bond donors (Lipinski definition) is 1. The number of carbonyl (C=O) groups is 2. The van der Waals surface area contributed by atoms with Crippen molar-refractivity contribution in [3.05, 3.63) is 0 Å². The number of nitrogens with zero attached hydrogens (tertiary/aromatic N) is 2. The third-order valence-electron chi connectivity index (χ3n) is 3.73. The van der Waals surface area contributed by atoms with Crippen LogP contribution in [0.4, 0.5) is 4.79 Å². The summed E-state index contributed by atoms with van der Waals surface area (Å²) in [6, 6.07) is 1.44. The van der Waals surface area contributed by atoms with Gasteiger partial charge in [0, 0.05) is 0 Å². The molecule has 1 aliphatic heterocycles. The number of hydrogen-bond acceptors (Lipinski definition) is 3. The zero-order chi connectivity index (χ0) is 11.8. The Balaban J connectivity index is 2.27. The highest BCUT2D eigenvalue weighted by molar-refractivity contribution is 6.07. The predicted octanol–water partition coefficient (Wildman–Crippen LogP) is 1.01. The summed E-state index contributed by atoms with van der Waals surface area (Å²) in [7, 11) is 0. The van der Waals surface area contributed by atoms with E-state index in [-0.39, 0.29) is 18.4 Å². The molecule has 0 aromatic carbocycles. The van der Waals surface area contributed by atoms with Gasteiger partial charge in [-0.25, -0.2) is 9.69 Å². The largest absolute Gasteiger partial charge is 0.325 e. The lowest BCUT2D eigenvalue weighted by Crippen LogP contribution is -2.53. The number of nitriles is 1. The predicted molar refractivity (Wildman–Crippen MR) is 56.2 cm³/mol. The van der Waals surface area contributed by atoms with Gasteiger partial charge in [-0.15, -0.1) is 0 Å². The van der Waals surface area contributed by atoms with Gasteiger partial charge in [0.25, 0.3) is 5.91 Å². The Morgan fingerprint density at radius 3 is 2.94 bits per heavy atom. The molecule has 1 saturated carbocycles. The van der Waals surface area contributed by atoms with Crippen LogP contribution >= 0.6 is 0 Å². The van der Waals surface area contributed by atoms with Gasteiger partial charge in [-0.3, -0.25) is 4.79 Å². The van der Waals surface area contributed by atoms with Crippen molar-refractivity contribution in [1.82, 2.24) is 10.2 Å². The Morgan fingerprint density at radius 1 is 1.56 bits per heavy atom. The maximum absolute atomic E-state index is 12.2. The first kappa shape index (κ1) is 10.9. The van der Waals surface area contributed by atoms with Crippen LogP contribution < -0.4 is 5.32 Å². The molecule has 16 heavy (non-hydrogen) atoms. The molecular weight excluding hydrogens is 206 g/mol. The number of amides is 3. The number of imide groups is 1. The van der Waals surface area contributed by atoms with Crippen molar-refractivity contribution in [1.29, 1.82) is 5.26 Å². The zero-order valence-electron chi connectivity index (χ0n) is 9.32. The molecule has 5 nitrogen and oxygen atoms in total. The standard InChI is InChI=1S/C11H15N3O2/c1-8-4-2-3-5-11(8)9(15)14(7-6-12)10(16)13-11/h8H,2-5,7H2,1H3,(H,13,16)/t8-,11-/m0/s1. The van der Waals surface area contributed by atoms with Crippen LogP contribution in [0.3, 0.4) is 0 Å². The van der Waals surface area contributed by atoms with Crippen molar-refractivity contribution in [3.8, 4) is 6.07 Å². The second kappa shape index (κ2) is 3.78. The van der Waals surface area contributed by atoms with Gasteiger partial charge in [0.15, 0.2) is 0 Å². The second-order valence-electron chi connectivity index (χ2n) is 4.60. The highest BCUT2D eigenvalue weighted by atomic mass is 16.2. The van der Waals surface area contributed by atoms with Crippen molar-refractivity contribution >= 4 is 11.9 Å². The van der Waals surface area contributed by atoms with E-state index < -0.39 is 11.6 Å². The molecule has 3 amide bonds. The van der Waals surface area contributed by atoms with Gasteiger partial charge in [-0.05, 0) is 18.8 Å². The fourth-order valence-electron chi connectivity index (χ4n) is 2.71. The lowest BCUT2D eigenvalue weighted by Gasteiger charge is -2.36. The number of urea groups is 1. The second-order valence-corrected chi connectivity index (χ2v) is 4.60. The van der Waals surface area contributed by atoms with Crippen molar-refractivity contribution < 1.29 is 9.59 Å². The molecule has 1 N–H and O–H groups in total. The third kappa shape index (κ3) is 1.37. The van der Waals surface area contributed by atoms with Gasteiger partial charge in [0.2, 0.25) is 0 Å². The van der Waals surface area contributed by atoms with Crippen molar-refractivity contribution in [3.63, 3.8) is 0 Å². The molecule has 0 unspecified atom stereocenters. The van der Waals surface area contributed by atoms with E-state index in [1.807, 2.05) is 13.0 Å². The van der Waals surface area contributed by atoms with Crippen LogP contribution in [0.5, 0.6) is 0 Å². The van der Waals surface area contributed by atoms with E-state index in [9.17, 15) is 9.59 Å². The summed E-state index contributed by atoms with van der Waals surface area (Å²) >= 11 is 0. The van der Waals surface area contributed by atoms with Gasteiger partial charge < -0.3 is 5.32 Å². The Morgan fingerprint density at radius 2 is 2.31 bits per heavy atom. The maximum atomic E-state index is 12.2. The molecule has 0 bridgehead atoms. The molecule has 5 heteroatoms. The van der Waals surface area contributed by atoms with Crippen molar-refractivity contribution in [2.45, 2.75) is 38.1 Å². The number of nitrogens with one attached hydrogen (secondary N) is 1. The first-order valence-electron chi connectivity index (χ1n) is 5.63. The van der Waals surface area contributed by atoms with Crippen LogP contribution in [0.1, 0.15) is 32.6 Å². The van der Waals surface area contributed by atoms with E-state index in [2.05, 4.69) is 5.32 Å². The average molecular weight is 221 g/mol. The Labute approximate surface area is 94.4 Å². The minimum atomic E-state index is -0.730. The van der Waals surface area contributed by atoms with Crippen LogP contribution in [0, 0.1) is 17.2 Å². The topological polar surface area (TPSA) is 73.2 Å². The third-order valence-corrected chi connectivity index (χ3v) is 3.73.